The van der Waals surface area contributed by atoms with Crippen LogP contribution in [0.25, 0.3) is 11.1 Å². The van der Waals surface area contributed by atoms with Crippen LogP contribution in [0.4, 0.5) is 0 Å². The van der Waals surface area contributed by atoms with E-state index in [1.807, 2.05) is 32.0 Å². The molecule has 2 rings (SSSR count). The summed E-state index contributed by atoms with van der Waals surface area (Å²) in [6, 6.07) is 18.2. The van der Waals surface area contributed by atoms with E-state index in [0.717, 1.165) is 12.0 Å². The van der Waals surface area contributed by atoms with Gasteiger partial charge in [0.2, 0.25) is 0 Å². The van der Waals surface area contributed by atoms with Crippen LogP contribution in [0.2, 0.25) is 0 Å². The molecule has 2 aromatic rings. The van der Waals surface area contributed by atoms with E-state index in [1.54, 1.807) is 0 Å². The summed E-state index contributed by atoms with van der Waals surface area (Å²) < 4.78 is 0. The normalized spacial score (nSPS) is 12.7. The molecule has 0 bridgehead atoms. The standard InChI is InChI=1S/C19H23NO.C3H8/c1-3-14(2)19(21)18(20)13-15-9-11-17(12-10-15)16-7-5-4-6-8-16;1-3-2/h4-12,14,18H,3,13,20H2,1-2H3;3H2,1-2H3. The lowest BCUT2D eigenvalue weighted by atomic mass is 9.93. The number of benzene rings is 2. The molecular weight excluding hydrogens is 294 g/mol. The third-order valence-electron chi connectivity index (χ3n) is 3.98. The highest BCUT2D eigenvalue weighted by atomic mass is 16.1. The summed E-state index contributed by atoms with van der Waals surface area (Å²) in [4.78, 5) is 12.0. The molecule has 0 saturated carbocycles. The van der Waals surface area contributed by atoms with Gasteiger partial charge in [-0.1, -0.05) is 88.7 Å². The number of hydrogen-bond donors (Lipinski definition) is 1. The minimum absolute atomic E-state index is 0.0450. The van der Waals surface area contributed by atoms with E-state index in [-0.39, 0.29) is 11.7 Å². The molecular formula is C22H31NO. The van der Waals surface area contributed by atoms with Gasteiger partial charge in [0.25, 0.3) is 0 Å². The second-order valence-corrected chi connectivity index (χ2v) is 6.29. The third-order valence-corrected chi connectivity index (χ3v) is 3.98. The minimum atomic E-state index is -0.400. The van der Waals surface area contributed by atoms with Gasteiger partial charge in [-0.3, -0.25) is 4.79 Å². The van der Waals surface area contributed by atoms with E-state index in [4.69, 9.17) is 5.73 Å². The lowest BCUT2D eigenvalue weighted by Crippen LogP contribution is -2.36. The van der Waals surface area contributed by atoms with Crippen LogP contribution in [0, 0.1) is 5.92 Å². The first kappa shape index (κ1) is 20.1. The molecule has 2 heteroatoms. The first-order valence-electron chi connectivity index (χ1n) is 8.97. The van der Waals surface area contributed by atoms with Gasteiger partial charge in [-0.15, -0.1) is 0 Å². The first-order valence-corrected chi connectivity index (χ1v) is 8.97. The van der Waals surface area contributed by atoms with Gasteiger partial charge in [0.15, 0.2) is 5.78 Å². The highest BCUT2D eigenvalue weighted by Crippen LogP contribution is 2.20. The van der Waals surface area contributed by atoms with Gasteiger partial charge in [0.05, 0.1) is 6.04 Å². The summed E-state index contributed by atoms with van der Waals surface area (Å²) in [6.45, 7) is 8.21. The lowest BCUT2D eigenvalue weighted by molar-refractivity contribution is -0.123. The highest BCUT2D eigenvalue weighted by Gasteiger charge is 2.19. The second-order valence-electron chi connectivity index (χ2n) is 6.29. The topological polar surface area (TPSA) is 43.1 Å². The number of hydrogen-bond acceptors (Lipinski definition) is 2. The molecule has 2 atom stereocenters. The van der Waals surface area contributed by atoms with Crippen molar-refractivity contribution >= 4 is 5.78 Å². The number of rotatable bonds is 6. The molecule has 130 valence electrons. The molecule has 2 nitrogen and oxygen atoms in total. The molecule has 0 spiro atoms. The van der Waals surface area contributed by atoms with Crippen LogP contribution >= 0.6 is 0 Å². The average molecular weight is 325 g/mol. The average Bonchev–Trinajstić information content (AvgIpc) is 2.62. The first-order chi connectivity index (χ1) is 11.5. The SMILES string of the molecule is CCC.CCC(C)C(=O)C(N)Cc1ccc(-c2ccccc2)cc1. The van der Waals surface area contributed by atoms with Crippen LogP contribution < -0.4 is 5.73 Å². The van der Waals surface area contributed by atoms with E-state index in [1.165, 1.54) is 17.5 Å². The summed E-state index contributed by atoms with van der Waals surface area (Å²) in [5.74, 6) is 0.202. The van der Waals surface area contributed by atoms with E-state index >= 15 is 0 Å². The molecule has 0 radical (unpaired) electrons. The molecule has 2 aromatic carbocycles. The Bertz CT molecular complexity index is 589. The van der Waals surface area contributed by atoms with Crippen molar-refractivity contribution in [3.05, 3.63) is 60.2 Å². The number of carbonyl (C=O) groups is 1. The van der Waals surface area contributed by atoms with Gasteiger partial charge in [-0.25, -0.2) is 0 Å². The monoisotopic (exact) mass is 325 g/mol. The molecule has 0 aliphatic heterocycles. The van der Waals surface area contributed by atoms with E-state index in [2.05, 4.69) is 50.2 Å². The Kier molecular flexibility index (Phi) is 9.03. The molecule has 2 N–H and O–H groups in total. The largest absolute Gasteiger partial charge is 0.321 e. The molecule has 2 unspecified atom stereocenters. The van der Waals surface area contributed by atoms with Crippen molar-refractivity contribution in [3.63, 3.8) is 0 Å². The minimum Gasteiger partial charge on any atom is -0.321 e. The van der Waals surface area contributed by atoms with Crippen LogP contribution in [0.1, 0.15) is 46.1 Å². The van der Waals surface area contributed by atoms with Crippen molar-refractivity contribution in [1.29, 1.82) is 0 Å². The third kappa shape index (κ3) is 6.29. The quantitative estimate of drug-likeness (QED) is 0.787. The molecule has 0 aliphatic rings. The number of Topliss-reactive ketones (excluding diaryl/α,β-unsaturated/α-hetero) is 1. The predicted octanol–water partition coefficient (Wildman–Crippen LogP) is 5.25. The summed E-state index contributed by atoms with van der Waals surface area (Å²) in [6.07, 6.45) is 2.71. The van der Waals surface area contributed by atoms with E-state index in [0.29, 0.717) is 6.42 Å². The van der Waals surface area contributed by atoms with Gasteiger partial charge in [0.1, 0.15) is 0 Å². The Morgan fingerprint density at radius 2 is 1.42 bits per heavy atom. The van der Waals surface area contributed by atoms with Crippen molar-refractivity contribution in [1.82, 2.24) is 0 Å². The van der Waals surface area contributed by atoms with Crippen molar-refractivity contribution in [2.45, 2.75) is 53.0 Å². The molecule has 0 saturated heterocycles. The van der Waals surface area contributed by atoms with Crippen LogP contribution in [0.15, 0.2) is 54.6 Å². The second kappa shape index (κ2) is 10.8. The molecule has 0 aliphatic carbocycles. The Morgan fingerprint density at radius 3 is 1.92 bits per heavy atom. The summed E-state index contributed by atoms with van der Waals surface area (Å²) >= 11 is 0. The van der Waals surface area contributed by atoms with Gasteiger partial charge in [0, 0.05) is 5.92 Å². The zero-order valence-corrected chi connectivity index (χ0v) is 15.5. The van der Waals surface area contributed by atoms with Crippen molar-refractivity contribution in [2.24, 2.45) is 11.7 Å². The Balaban J connectivity index is 0.000000891. The Labute approximate surface area is 147 Å². The molecule has 0 heterocycles. The number of ketones is 1. The number of carbonyl (C=O) groups excluding carboxylic acids is 1. The predicted molar refractivity (Wildman–Crippen MR) is 104 cm³/mol. The summed E-state index contributed by atoms with van der Waals surface area (Å²) in [7, 11) is 0. The maximum atomic E-state index is 12.0. The fourth-order valence-electron chi connectivity index (χ4n) is 2.39. The molecule has 24 heavy (non-hydrogen) atoms. The highest BCUT2D eigenvalue weighted by molar-refractivity contribution is 5.86. The molecule has 0 aromatic heterocycles. The number of nitrogens with two attached hydrogens (primary N) is 1. The lowest BCUT2D eigenvalue weighted by Gasteiger charge is -2.15. The fourth-order valence-corrected chi connectivity index (χ4v) is 2.39. The Morgan fingerprint density at radius 1 is 0.917 bits per heavy atom. The van der Waals surface area contributed by atoms with E-state index < -0.39 is 6.04 Å². The van der Waals surface area contributed by atoms with Crippen LogP contribution in [-0.2, 0) is 11.2 Å². The van der Waals surface area contributed by atoms with Crippen LogP contribution in [0.5, 0.6) is 0 Å². The van der Waals surface area contributed by atoms with Crippen molar-refractivity contribution in [3.8, 4) is 11.1 Å². The van der Waals surface area contributed by atoms with Crippen molar-refractivity contribution in [2.75, 3.05) is 0 Å². The summed E-state index contributed by atoms with van der Waals surface area (Å²) in [5, 5.41) is 0. The zero-order chi connectivity index (χ0) is 17.9. The fraction of sp³-hybridized carbons (Fsp3) is 0.409. The molecule has 0 fully saturated rings. The van der Waals surface area contributed by atoms with Crippen molar-refractivity contribution < 1.29 is 4.79 Å². The van der Waals surface area contributed by atoms with Crippen LogP contribution in [0.3, 0.4) is 0 Å². The van der Waals surface area contributed by atoms with Gasteiger partial charge < -0.3 is 5.73 Å². The summed E-state index contributed by atoms with van der Waals surface area (Å²) in [5.41, 5.74) is 9.52. The van der Waals surface area contributed by atoms with E-state index in [9.17, 15) is 4.79 Å². The maximum Gasteiger partial charge on any atom is 0.152 e. The maximum absolute atomic E-state index is 12.0. The van der Waals surface area contributed by atoms with Gasteiger partial charge in [-0.2, -0.15) is 0 Å². The zero-order valence-electron chi connectivity index (χ0n) is 15.5. The van der Waals surface area contributed by atoms with Gasteiger partial charge in [-0.05, 0) is 29.5 Å². The smallest absolute Gasteiger partial charge is 0.152 e. The Hall–Kier alpha value is -1.93. The molecule has 0 amide bonds. The van der Waals surface area contributed by atoms with Crippen LogP contribution in [-0.4, -0.2) is 11.8 Å². The van der Waals surface area contributed by atoms with Gasteiger partial charge >= 0.3 is 0 Å².